The van der Waals surface area contributed by atoms with E-state index in [1.165, 1.54) is 19.3 Å². The Kier molecular flexibility index (Phi) is 3.87. The molecule has 0 spiro atoms. The van der Waals surface area contributed by atoms with Gasteiger partial charge in [-0.1, -0.05) is 17.8 Å². The second-order valence-electron chi connectivity index (χ2n) is 5.97. The summed E-state index contributed by atoms with van der Waals surface area (Å²) in [6, 6.07) is 0. The molecule has 0 aromatic carbocycles. The van der Waals surface area contributed by atoms with E-state index in [0.717, 1.165) is 29.9 Å². The molecule has 3 atom stereocenters. The Morgan fingerprint density at radius 3 is 2.67 bits per heavy atom. The highest BCUT2D eigenvalue weighted by atomic mass is 32.2. The van der Waals surface area contributed by atoms with Crippen molar-refractivity contribution in [3.05, 3.63) is 0 Å². The second-order valence-corrected chi connectivity index (χ2v) is 8.70. The first-order chi connectivity index (χ1) is 9.89. The first-order valence-corrected chi connectivity index (χ1v) is 9.71. The van der Waals surface area contributed by atoms with E-state index < -0.39 is 10.0 Å². The molecule has 2 aliphatic carbocycles. The van der Waals surface area contributed by atoms with Gasteiger partial charge in [0.2, 0.25) is 26.2 Å². The van der Waals surface area contributed by atoms with Gasteiger partial charge >= 0.3 is 0 Å². The fourth-order valence-electron chi connectivity index (χ4n) is 3.51. The predicted molar refractivity (Wildman–Crippen MR) is 80.6 cm³/mol. The maximum atomic E-state index is 12.0. The summed E-state index contributed by atoms with van der Waals surface area (Å²) >= 11 is 1.02. The van der Waals surface area contributed by atoms with Crippen LogP contribution in [0.2, 0.25) is 0 Å². The fraction of sp³-hybridized carbons (Fsp3) is 0.750. The normalized spacial score (nSPS) is 27.8. The minimum absolute atomic E-state index is 0.0606. The molecule has 2 bridgehead atoms. The molecule has 1 aromatic rings. The largest absolute Gasteiger partial charge is 0.300 e. The molecular weight excluding hydrogens is 312 g/mol. The van der Waals surface area contributed by atoms with Gasteiger partial charge in [-0.05, 0) is 37.0 Å². The number of nitrogens with one attached hydrogen (secondary N) is 2. The second kappa shape index (κ2) is 5.53. The van der Waals surface area contributed by atoms with E-state index in [-0.39, 0.29) is 11.0 Å². The third-order valence-electron chi connectivity index (χ3n) is 4.28. The van der Waals surface area contributed by atoms with Gasteiger partial charge in [0.1, 0.15) is 0 Å². The van der Waals surface area contributed by atoms with Gasteiger partial charge < -0.3 is 5.32 Å². The van der Waals surface area contributed by atoms with Crippen LogP contribution in [0.25, 0.3) is 0 Å². The lowest BCUT2D eigenvalue weighted by Gasteiger charge is -2.20. The van der Waals surface area contributed by atoms with Crippen LogP contribution in [0.5, 0.6) is 0 Å². The Labute approximate surface area is 127 Å². The summed E-state index contributed by atoms with van der Waals surface area (Å²) in [5, 5.41) is 10.7. The van der Waals surface area contributed by atoms with E-state index in [0.29, 0.717) is 23.4 Å². The molecule has 2 saturated carbocycles. The van der Waals surface area contributed by atoms with Gasteiger partial charge in [-0.15, -0.1) is 10.2 Å². The number of rotatable bonds is 5. The average molecular weight is 330 g/mol. The summed E-state index contributed by atoms with van der Waals surface area (Å²) in [6.07, 6.45) is 6.58. The van der Waals surface area contributed by atoms with Crippen molar-refractivity contribution in [2.75, 3.05) is 16.3 Å². The molecule has 0 aliphatic heterocycles. The Hall–Kier alpha value is -1.22. The Bertz CT molecular complexity index is 643. The van der Waals surface area contributed by atoms with Gasteiger partial charge in [-0.25, -0.2) is 8.42 Å². The summed E-state index contributed by atoms with van der Waals surface area (Å²) in [5.41, 5.74) is 0. The Morgan fingerprint density at radius 1 is 1.29 bits per heavy atom. The van der Waals surface area contributed by atoms with Crippen LogP contribution in [0.3, 0.4) is 0 Å². The highest BCUT2D eigenvalue weighted by molar-refractivity contribution is 7.92. The fourth-order valence-corrected chi connectivity index (χ4v) is 5.00. The van der Waals surface area contributed by atoms with Crippen molar-refractivity contribution < 1.29 is 13.2 Å². The highest BCUT2D eigenvalue weighted by Gasteiger charge is 2.40. The van der Waals surface area contributed by atoms with Crippen LogP contribution in [-0.2, 0) is 14.8 Å². The van der Waals surface area contributed by atoms with E-state index in [9.17, 15) is 13.2 Å². The van der Waals surface area contributed by atoms with Gasteiger partial charge in [0.05, 0.1) is 6.26 Å². The van der Waals surface area contributed by atoms with Crippen LogP contribution < -0.4 is 10.0 Å². The lowest BCUT2D eigenvalue weighted by Crippen LogP contribution is -2.20. The number of hydrogen-bond acceptors (Lipinski definition) is 6. The maximum Gasteiger partial charge on any atom is 0.231 e. The molecule has 0 saturated heterocycles. The molecule has 3 rings (SSSR count). The standard InChI is InChI=1S/C12H18N4O3S2/c1-21(18,19)16-12-15-14-11(20-12)13-10(17)6-9-5-7-2-3-8(9)4-7/h7-9H,2-6H2,1H3,(H,15,16)(H,13,14,17)/t7-,8-,9+/m0/s1. The van der Waals surface area contributed by atoms with Gasteiger partial charge in [0, 0.05) is 6.42 Å². The van der Waals surface area contributed by atoms with E-state index in [1.807, 2.05) is 0 Å². The lowest BCUT2D eigenvalue weighted by atomic mass is 9.86. The topological polar surface area (TPSA) is 101 Å². The van der Waals surface area contributed by atoms with Crippen LogP contribution in [0.1, 0.15) is 32.1 Å². The molecule has 9 heteroatoms. The van der Waals surface area contributed by atoms with Crippen LogP contribution in [-0.4, -0.2) is 30.8 Å². The number of nitrogens with zero attached hydrogens (tertiary/aromatic N) is 2. The number of sulfonamides is 1. The number of carbonyl (C=O) groups excluding carboxylic acids is 1. The van der Waals surface area contributed by atoms with Gasteiger partial charge in [0.15, 0.2) is 0 Å². The van der Waals surface area contributed by atoms with Crippen molar-refractivity contribution in [2.24, 2.45) is 17.8 Å². The molecule has 1 amide bonds. The number of amides is 1. The maximum absolute atomic E-state index is 12.0. The third-order valence-corrected chi connectivity index (χ3v) is 5.72. The molecular formula is C12H18N4O3S2. The number of carbonyl (C=O) groups is 1. The minimum atomic E-state index is -3.37. The average Bonchev–Trinajstić information content (AvgIpc) is 3.04. The molecule has 0 unspecified atom stereocenters. The van der Waals surface area contributed by atoms with E-state index in [1.54, 1.807) is 0 Å². The zero-order chi connectivity index (χ0) is 15.0. The molecule has 1 aromatic heterocycles. The van der Waals surface area contributed by atoms with Crippen molar-refractivity contribution in [3.8, 4) is 0 Å². The summed E-state index contributed by atoms with van der Waals surface area (Å²) < 4.78 is 24.4. The molecule has 21 heavy (non-hydrogen) atoms. The quantitative estimate of drug-likeness (QED) is 0.855. The van der Waals surface area contributed by atoms with E-state index >= 15 is 0 Å². The van der Waals surface area contributed by atoms with Gasteiger partial charge in [-0.2, -0.15) is 0 Å². The summed E-state index contributed by atoms with van der Waals surface area (Å²) in [4.78, 5) is 12.0. The van der Waals surface area contributed by atoms with Gasteiger partial charge in [0.25, 0.3) is 0 Å². The molecule has 1 heterocycles. The molecule has 2 aliphatic rings. The number of hydrogen-bond donors (Lipinski definition) is 2. The molecule has 2 N–H and O–H groups in total. The molecule has 7 nitrogen and oxygen atoms in total. The molecule has 0 radical (unpaired) electrons. The number of aromatic nitrogens is 2. The van der Waals surface area contributed by atoms with Crippen LogP contribution in [0.4, 0.5) is 10.3 Å². The summed E-state index contributed by atoms with van der Waals surface area (Å²) in [6.45, 7) is 0. The minimum Gasteiger partial charge on any atom is -0.300 e. The zero-order valence-electron chi connectivity index (χ0n) is 11.7. The Morgan fingerprint density at radius 2 is 2.05 bits per heavy atom. The van der Waals surface area contributed by atoms with Crippen molar-refractivity contribution in [2.45, 2.75) is 32.1 Å². The summed E-state index contributed by atoms with van der Waals surface area (Å²) in [7, 11) is -3.37. The summed E-state index contributed by atoms with van der Waals surface area (Å²) in [5.74, 6) is 1.96. The predicted octanol–water partition coefficient (Wildman–Crippen LogP) is 1.67. The number of anilines is 2. The van der Waals surface area contributed by atoms with Gasteiger partial charge in [-0.3, -0.25) is 9.52 Å². The van der Waals surface area contributed by atoms with Crippen LogP contribution in [0, 0.1) is 17.8 Å². The zero-order valence-corrected chi connectivity index (χ0v) is 13.3. The highest BCUT2D eigenvalue weighted by Crippen LogP contribution is 2.49. The molecule has 2 fully saturated rings. The lowest BCUT2D eigenvalue weighted by molar-refractivity contribution is -0.117. The number of fused-ring (bicyclic) bond motifs is 2. The van der Waals surface area contributed by atoms with Crippen molar-refractivity contribution in [3.63, 3.8) is 0 Å². The van der Waals surface area contributed by atoms with Crippen molar-refractivity contribution >= 4 is 37.5 Å². The van der Waals surface area contributed by atoms with Crippen molar-refractivity contribution in [1.82, 2.24) is 10.2 Å². The van der Waals surface area contributed by atoms with E-state index in [2.05, 4.69) is 20.2 Å². The Balaban J connectivity index is 1.53. The smallest absolute Gasteiger partial charge is 0.231 e. The molecule has 116 valence electrons. The van der Waals surface area contributed by atoms with Crippen LogP contribution >= 0.6 is 11.3 Å². The first-order valence-electron chi connectivity index (χ1n) is 7.00. The van der Waals surface area contributed by atoms with E-state index in [4.69, 9.17) is 0 Å². The van der Waals surface area contributed by atoms with Crippen molar-refractivity contribution in [1.29, 1.82) is 0 Å². The monoisotopic (exact) mass is 330 g/mol. The SMILES string of the molecule is CS(=O)(=O)Nc1nnc(NC(=O)C[C@H]2C[C@H]3CC[C@H]2C3)s1. The van der Waals surface area contributed by atoms with Crippen LogP contribution in [0.15, 0.2) is 0 Å². The third kappa shape index (κ3) is 3.70. The first kappa shape index (κ1) is 14.7.